The molecule has 0 saturated carbocycles. The lowest BCUT2D eigenvalue weighted by atomic mass is 10.1. The topological polar surface area (TPSA) is 133 Å². The molecule has 1 amide bonds. The van der Waals surface area contributed by atoms with Crippen LogP contribution in [0.2, 0.25) is 0 Å². The number of benzene rings is 1. The Morgan fingerprint density at radius 2 is 2.14 bits per heavy atom. The summed E-state index contributed by atoms with van der Waals surface area (Å²) in [6.07, 6.45) is 4.39. The fourth-order valence-corrected chi connectivity index (χ4v) is 5.32. The van der Waals surface area contributed by atoms with Crippen LogP contribution in [-0.4, -0.2) is 31.8 Å². The number of aromatic nitrogens is 2. The van der Waals surface area contributed by atoms with Crippen LogP contribution in [0.5, 0.6) is 0 Å². The van der Waals surface area contributed by atoms with Gasteiger partial charge in [-0.15, -0.1) is 0 Å². The van der Waals surface area contributed by atoms with Gasteiger partial charge in [-0.2, -0.15) is 9.65 Å². The third-order valence-corrected chi connectivity index (χ3v) is 7.06. The van der Waals surface area contributed by atoms with E-state index in [0.29, 0.717) is 12.2 Å². The molecule has 0 aliphatic carbocycles. The maximum atomic E-state index is 13.7. The Bertz CT molecular complexity index is 1440. The molecular weight excluding hydrogens is 471 g/mol. The molecule has 0 radical (unpaired) electrons. The second-order valence-corrected chi connectivity index (χ2v) is 9.84. The van der Waals surface area contributed by atoms with Crippen LogP contribution in [0.15, 0.2) is 59.6 Å². The maximum absolute atomic E-state index is 13.7. The highest BCUT2D eigenvalue weighted by atomic mass is 32.2. The first kappa shape index (κ1) is 24.3. The number of ether oxygens (including phenoxy) is 1. The van der Waals surface area contributed by atoms with E-state index in [9.17, 15) is 13.4 Å². The second kappa shape index (κ2) is 9.79. The molecule has 2 aromatic heterocycles. The Morgan fingerprint density at radius 3 is 2.86 bits per heavy atom. The van der Waals surface area contributed by atoms with Gasteiger partial charge in [0.2, 0.25) is 5.95 Å². The van der Waals surface area contributed by atoms with Crippen molar-refractivity contribution >= 4 is 27.6 Å². The van der Waals surface area contributed by atoms with Gasteiger partial charge in [0, 0.05) is 30.6 Å². The van der Waals surface area contributed by atoms with E-state index in [0.717, 1.165) is 11.6 Å². The average molecular weight is 495 g/mol. The summed E-state index contributed by atoms with van der Waals surface area (Å²) >= 11 is 0. The molecule has 3 atom stereocenters. The predicted octanol–water partition coefficient (Wildman–Crippen LogP) is 3.59. The summed E-state index contributed by atoms with van der Waals surface area (Å²) < 4.78 is 45.8. The number of halogens is 1. The summed E-state index contributed by atoms with van der Waals surface area (Å²) in [5.74, 6) is -1.52. The number of nitrogens with zero attached hydrogens (tertiary/aromatic N) is 3. The molecule has 0 saturated heterocycles. The molecule has 0 spiro atoms. The quantitative estimate of drug-likeness (QED) is 0.451. The van der Waals surface area contributed by atoms with Crippen LogP contribution >= 0.6 is 0 Å². The normalized spacial score (nSPS) is 19.9. The van der Waals surface area contributed by atoms with Crippen molar-refractivity contribution in [1.82, 2.24) is 14.3 Å². The molecule has 1 aliphatic heterocycles. The van der Waals surface area contributed by atoms with Crippen LogP contribution in [0.25, 0.3) is 6.08 Å². The van der Waals surface area contributed by atoms with Crippen molar-refractivity contribution in [3.05, 3.63) is 83.2 Å². The zero-order valence-electron chi connectivity index (χ0n) is 19.0. The van der Waals surface area contributed by atoms with Crippen LogP contribution in [0.1, 0.15) is 34.2 Å². The highest BCUT2D eigenvalue weighted by molar-refractivity contribution is 7.90. The smallest absolute Gasteiger partial charge is 0.272 e. The Hall–Kier alpha value is -3.85. The second-order valence-electron chi connectivity index (χ2n) is 8.06. The van der Waals surface area contributed by atoms with E-state index in [1.165, 1.54) is 16.8 Å². The Morgan fingerprint density at radius 1 is 1.40 bits per heavy atom. The number of anilines is 1. The van der Waals surface area contributed by atoms with Crippen LogP contribution in [-0.2, 0) is 28.3 Å². The summed E-state index contributed by atoms with van der Waals surface area (Å²) in [5.41, 5.74) is 1.30. The lowest BCUT2D eigenvalue weighted by Gasteiger charge is -2.22. The zero-order chi connectivity index (χ0) is 25.2. The summed E-state index contributed by atoms with van der Waals surface area (Å²) in [4.78, 5) is 16.7. The van der Waals surface area contributed by atoms with E-state index in [1.807, 2.05) is 37.3 Å². The van der Waals surface area contributed by atoms with Crippen LogP contribution in [0, 0.1) is 22.1 Å². The first-order valence-electron chi connectivity index (χ1n) is 10.7. The first-order chi connectivity index (χ1) is 16.7. The van der Waals surface area contributed by atoms with Gasteiger partial charge in [0.15, 0.2) is 0 Å². The Labute approximate surface area is 202 Å². The SMILES string of the molecule is CC(OCc1ccccc1)[C@H]1C=Cc2c(cn(C)c2C(=O)Nc2cc(F)nc(C#N)c2)S(=N)(=O)N1. The number of hydrogen-bond acceptors (Lipinski definition) is 6. The molecular formula is C24H23FN6O3S. The summed E-state index contributed by atoms with van der Waals surface area (Å²) in [5, 5.41) is 11.5. The van der Waals surface area contributed by atoms with E-state index in [4.69, 9.17) is 14.8 Å². The molecule has 0 fully saturated rings. The summed E-state index contributed by atoms with van der Waals surface area (Å²) in [6.45, 7) is 2.16. The van der Waals surface area contributed by atoms with Gasteiger partial charge >= 0.3 is 0 Å². The van der Waals surface area contributed by atoms with Crippen molar-refractivity contribution in [2.75, 3.05) is 5.32 Å². The van der Waals surface area contributed by atoms with Gasteiger partial charge in [0.1, 0.15) is 27.4 Å². The van der Waals surface area contributed by atoms with Gasteiger partial charge in [0.05, 0.1) is 23.6 Å². The molecule has 1 aromatic carbocycles. The maximum Gasteiger partial charge on any atom is 0.272 e. The van der Waals surface area contributed by atoms with Crippen LogP contribution in [0.3, 0.4) is 0 Å². The molecule has 3 heterocycles. The third kappa shape index (κ3) is 5.30. The van der Waals surface area contributed by atoms with Gasteiger partial charge in [-0.1, -0.05) is 42.5 Å². The zero-order valence-corrected chi connectivity index (χ0v) is 19.8. The molecule has 9 nitrogen and oxygen atoms in total. The number of aryl methyl sites for hydroxylation is 1. The van der Waals surface area contributed by atoms with E-state index < -0.39 is 33.9 Å². The Kier molecular flexibility index (Phi) is 6.79. The predicted molar refractivity (Wildman–Crippen MR) is 128 cm³/mol. The van der Waals surface area contributed by atoms with Crippen molar-refractivity contribution in [3.8, 4) is 6.07 Å². The van der Waals surface area contributed by atoms with Gasteiger partial charge in [-0.05, 0) is 18.6 Å². The number of fused-ring (bicyclic) bond motifs is 1. The van der Waals surface area contributed by atoms with Crippen molar-refractivity contribution < 1.29 is 18.1 Å². The lowest BCUT2D eigenvalue weighted by molar-refractivity contribution is 0.0425. The van der Waals surface area contributed by atoms with E-state index >= 15 is 0 Å². The number of amides is 1. The van der Waals surface area contributed by atoms with Gasteiger partial charge in [0.25, 0.3) is 5.91 Å². The van der Waals surface area contributed by atoms with E-state index in [2.05, 4.69) is 15.0 Å². The largest absolute Gasteiger partial charge is 0.372 e. The van der Waals surface area contributed by atoms with Gasteiger partial charge in [-0.25, -0.2) is 18.7 Å². The molecule has 2 unspecified atom stereocenters. The van der Waals surface area contributed by atoms with Crippen molar-refractivity contribution in [2.24, 2.45) is 7.05 Å². The van der Waals surface area contributed by atoms with Gasteiger partial charge in [-0.3, -0.25) is 4.79 Å². The minimum Gasteiger partial charge on any atom is -0.372 e. The number of pyridine rings is 1. The summed E-state index contributed by atoms with van der Waals surface area (Å²) in [7, 11) is -1.90. The number of hydrogen-bond donors (Lipinski definition) is 3. The molecule has 35 heavy (non-hydrogen) atoms. The monoisotopic (exact) mass is 494 g/mol. The van der Waals surface area contributed by atoms with Crippen molar-refractivity contribution in [1.29, 1.82) is 10.0 Å². The molecule has 180 valence electrons. The highest BCUT2D eigenvalue weighted by Crippen LogP contribution is 2.28. The fraction of sp³-hybridized carbons (Fsp3) is 0.208. The minimum absolute atomic E-state index is 0.0529. The van der Waals surface area contributed by atoms with Crippen molar-refractivity contribution in [3.63, 3.8) is 0 Å². The standard InChI is InChI=1S/C24H23FN6O3S/c1-15(34-14-16-6-4-3-5-7-16)20-9-8-19-21(35(27,33)30-20)13-31(2)23(19)24(32)29-17-10-18(12-26)28-22(25)11-17/h3-11,13,15,20H,14H2,1-2H3,(H2,27,30,33)(H,28,29,32)/t15?,20-,35?/m1/s1. The van der Waals surface area contributed by atoms with Gasteiger partial charge < -0.3 is 14.6 Å². The average Bonchev–Trinajstić information content (AvgIpc) is 3.11. The number of nitrogens with one attached hydrogen (secondary N) is 3. The molecule has 0 bridgehead atoms. The summed E-state index contributed by atoms with van der Waals surface area (Å²) in [6, 6.07) is 13.0. The van der Waals surface area contributed by atoms with E-state index in [1.54, 1.807) is 25.3 Å². The van der Waals surface area contributed by atoms with E-state index in [-0.39, 0.29) is 22.0 Å². The molecule has 1 aliphatic rings. The molecule has 3 N–H and O–H groups in total. The first-order valence-corrected chi connectivity index (χ1v) is 12.2. The third-order valence-electron chi connectivity index (χ3n) is 5.51. The highest BCUT2D eigenvalue weighted by Gasteiger charge is 2.30. The fourth-order valence-electron chi connectivity index (χ4n) is 3.76. The number of rotatable bonds is 6. The molecule has 11 heteroatoms. The number of nitriles is 1. The van der Waals surface area contributed by atoms with Crippen LogP contribution in [0.4, 0.5) is 10.1 Å². The minimum atomic E-state index is -3.49. The van der Waals surface area contributed by atoms with Crippen LogP contribution < -0.4 is 10.0 Å². The lowest BCUT2D eigenvalue weighted by Crippen LogP contribution is -2.40. The molecule has 4 rings (SSSR count). The Balaban J connectivity index is 1.60. The van der Waals surface area contributed by atoms with Crippen molar-refractivity contribution in [2.45, 2.75) is 30.6 Å². The number of carbonyl (C=O) groups is 1. The number of carbonyl (C=O) groups excluding carboxylic acids is 1. The molecule has 3 aromatic rings.